The van der Waals surface area contributed by atoms with E-state index in [4.69, 9.17) is 4.98 Å². The van der Waals surface area contributed by atoms with Crippen LogP contribution >= 0.6 is 15.9 Å². The van der Waals surface area contributed by atoms with Crippen LogP contribution in [-0.4, -0.2) is 15.0 Å². The maximum absolute atomic E-state index is 4.73. The lowest BCUT2D eigenvalue weighted by Crippen LogP contribution is -1.80. The molecule has 20 heavy (non-hydrogen) atoms. The molecule has 0 radical (unpaired) electrons. The molecule has 0 unspecified atom stereocenters. The Kier molecular flexibility index (Phi) is 2.57. The average molecular weight is 324 g/mol. The van der Waals surface area contributed by atoms with E-state index >= 15 is 0 Å². The standard InChI is InChI=1S/C16H10BrN3/c17-11-6-7-12-13(8-11)18-9-14-15(12)20-16(19-14)10-4-2-1-3-5-10/h1-9H,(H,19,20). The number of aromatic amines is 1. The van der Waals surface area contributed by atoms with Crippen LogP contribution in [0.1, 0.15) is 0 Å². The fourth-order valence-corrected chi connectivity index (χ4v) is 2.71. The molecule has 0 amide bonds. The maximum Gasteiger partial charge on any atom is 0.138 e. The van der Waals surface area contributed by atoms with Crippen LogP contribution in [0, 0.1) is 0 Å². The van der Waals surface area contributed by atoms with E-state index < -0.39 is 0 Å². The number of fused-ring (bicyclic) bond motifs is 3. The molecule has 0 saturated heterocycles. The quantitative estimate of drug-likeness (QED) is 0.558. The molecule has 4 heteroatoms. The Balaban J connectivity index is 2.02. The lowest BCUT2D eigenvalue weighted by atomic mass is 10.2. The molecule has 1 N–H and O–H groups in total. The molecule has 0 spiro atoms. The van der Waals surface area contributed by atoms with Gasteiger partial charge in [0, 0.05) is 15.4 Å². The van der Waals surface area contributed by atoms with Crippen molar-refractivity contribution >= 4 is 37.9 Å². The number of pyridine rings is 1. The number of hydrogen-bond acceptors (Lipinski definition) is 2. The molecule has 4 aromatic rings. The maximum atomic E-state index is 4.73. The molecule has 0 saturated carbocycles. The number of rotatable bonds is 1. The lowest BCUT2D eigenvalue weighted by molar-refractivity contribution is 1.33. The molecule has 0 aliphatic rings. The second kappa shape index (κ2) is 4.42. The first kappa shape index (κ1) is 11.6. The summed E-state index contributed by atoms with van der Waals surface area (Å²) in [7, 11) is 0. The molecule has 96 valence electrons. The van der Waals surface area contributed by atoms with Gasteiger partial charge in [-0.05, 0) is 18.2 Å². The summed E-state index contributed by atoms with van der Waals surface area (Å²) in [5, 5.41) is 1.06. The van der Waals surface area contributed by atoms with Gasteiger partial charge < -0.3 is 4.98 Å². The van der Waals surface area contributed by atoms with Gasteiger partial charge in [0.05, 0.1) is 22.7 Å². The van der Waals surface area contributed by atoms with Gasteiger partial charge in [-0.3, -0.25) is 4.98 Å². The Morgan fingerprint density at radius 2 is 1.85 bits per heavy atom. The van der Waals surface area contributed by atoms with Gasteiger partial charge in [-0.1, -0.05) is 46.3 Å². The summed E-state index contributed by atoms with van der Waals surface area (Å²) >= 11 is 3.47. The van der Waals surface area contributed by atoms with Gasteiger partial charge in [-0.2, -0.15) is 0 Å². The molecule has 2 aromatic carbocycles. The van der Waals surface area contributed by atoms with Crippen molar-refractivity contribution in [1.29, 1.82) is 0 Å². The van der Waals surface area contributed by atoms with Gasteiger partial charge in [0.1, 0.15) is 5.82 Å². The third-order valence-electron chi connectivity index (χ3n) is 3.33. The Morgan fingerprint density at radius 3 is 2.70 bits per heavy atom. The summed E-state index contributed by atoms with van der Waals surface area (Å²) in [6, 6.07) is 16.2. The number of nitrogens with one attached hydrogen (secondary N) is 1. The van der Waals surface area contributed by atoms with Crippen LogP contribution in [0.2, 0.25) is 0 Å². The average Bonchev–Trinajstić information content (AvgIpc) is 2.92. The molecule has 0 bridgehead atoms. The van der Waals surface area contributed by atoms with E-state index in [1.54, 1.807) is 0 Å². The van der Waals surface area contributed by atoms with E-state index in [9.17, 15) is 0 Å². The van der Waals surface area contributed by atoms with Crippen molar-refractivity contribution in [3.63, 3.8) is 0 Å². The second-order valence-corrected chi connectivity index (χ2v) is 5.55. The topological polar surface area (TPSA) is 41.6 Å². The molecule has 2 heterocycles. The second-order valence-electron chi connectivity index (χ2n) is 4.63. The highest BCUT2D eigenvalue weighted by molar-refractivity contribution is 9.10. The fourth-order valence-electron chi connectivity index (χ4n) is 2.36. The molecule has 0 fully saturated rings. The summed E-state index contributed by atoms with van der Waals surface area (Å²) in [6.45, 7) is 0. The Bertz CT molecular complexity index is 913. The van der Waals surface area contributed by atoms with Crippen molar-refractivity contribution in [1.82, 2.24) is 15.0 Å². The third kappa shape index (κ3) is 1.80. The summed E-state index contributed by atoms with van der Waals surface area (Å²) in [5.41, 5.74) is 3.94. The van der Waals surface area contributed by atoms with Crippen molar-refractivity contribution in [2.45, 2.75) is 0 Å². The Labute approximate surface area is 123 Å². The lowest BCUT2D eigenvalue weighted by Gasteiger charge is -1.97. The number of halogens is 1. The SMILES string of the molecule is Brc1ccc2c(c1)ncc1[nH]c(-c3ccccc3)nc12. The van der Waals surface area contributed by atoms with Gasteiger partial charge in [0.15, 0.2) is 0 Å². The number of imidazole rings is 1. The van der Waals surface area contributed by atoms with Crippen LogP contribution in [0.15, 0.2) is 59.2 Å². The van der Waals surface area contributed by atoms with Crippen molar-refractivity contribution in [2.75, 3.05) is 0 Å². The number of benzene rings is 2. The van der Waals surface area contributed by atoms with E-state index in [1.165, 1.54) is 0 Å². The normalized spacial score (nSPS) is 11.2. The highest BCUT2D eigenvalue weighted by Gasteiger charge is 2.09. The number of nitrogens with zero attached hydrogens (tertiary/aromatic N) is 2. The van der Waals surface area contributed by atoms with Crippen molar-refractivity contribution in [3.8, 4) is 11.4 Å². The molecule has 0 aliphatic carbocycles. The molecular weight excluding hydrogens is 314 g/mol. The summed E-state index contributed by atoms with van der Waals surface area (Å²) in [5.74, 6) is 0.873. The summed E-state index contributed by atoms with van der Waals surface area (Å²) in [4.78, 5) is 12.5. The van der Waals surface area contributed by atoms with Crippen molar-refractivity contribution in [2.24, 2.45) is 0 Å². The van der Waals surface area contributed by atoms with E-state index in [0.717, 1.165) is 37.8 Å². The predicted octanol–water partition coefficient (Wildman–Crippen LogP) is 4.54. The van der Waals surface area contributed by atoms with E-state index in [2.05, 4.69) is 25.9 Å². The minimum absolute atomic E-state index is 0.873. The zero-order chi connectivity index (χ0) is 13.5. The van der Waals surface area contributed by atoms with Gasteiger partial charge in [-0.25, -0.2) is 4.98 Å². The number of aromatic nitrogens is 3. The molecule has 0 atom stereocenters. The summed E-state index contributed by atoms with van der Waals surface area (Å²) in [6.07, 6.45) is 1.84. The largest absolute Gasteiger partial charge is 0.337 e. The first-order valence-corrected chi connectivity index (χ1v) is 7.10. The zero-order valence-corrected chi connectivity index (χ0v) is 12.1. The highest BCUT2D eigenvalue weighted by atomic mass is 79.9. The first-order chi connectivity index (χ1) is 9.81. The summed E-state index contributed by atoms with van der Waals surface area (Å²) < 4.78 is 1.02. The highest BCUT2D eigenvalue weighted by Crippen LogP contribution is 2.27. The monoisotopic (exact) mass is 323 g/mol. The molecular formula is C16H10BrN3. The first-order valence-electron chi connectivity index (χ1n) is 6.31. The fraction of sp³-hybridized carbons (Fsp3) is 0. The molecule has 4 rings (SSSR count). The van der Waals surface area contributed by atoms with Gasteiger partial charge in [0.2, 0.25) is 0 Å². The molecule has 2 aromatic heterocycles. The van der Waals surface area contributed by atoms with Gasteiger partial charge in [0.25, 0.3) is 0 Å². The smallest absolute Gasteiger partial charge is 0.138 e. The van der Waals surface area contributed by atoms with Crippen LogP contribution in [0.5, 0.6) is 0 Å². The van der Waals surface area contributed by atoms with E-state index in [0.29, 0.717) is 0 Å². The van der Waals surface area contributed by atoms with E-state index in [-0.39, 0.29) is 0 Å². The molecule has 0 aliphatic heterocycles. The van der Waals surface area contributed by atoms with Crippen molar-refractivity contribution < 1.29 is 0 Å². The third-order valence-corrected chi connectivity index (χ3v) is 3.82. The Morgan fingerprint density at radius 1 is 1.00 bits per heavy atom. The van der Waals surface area contributed by atoms with Crippen LogP contribution in [0.3, 0.4) is 0 Å². The van der Waals surface area contributed by atoms with Crippen LogP contribution < -0.4 is 0 Å². The van der Waals surface area contributed by atoms with Crippen LogP contribution in [0.4, 0.5) is 0 Å². The predicted molar refractivity (Wildman–Crippen MR) is 84.5 cm³/mol. The number of hydrogen-bond donors (Lipinski definition) is 1. The number of H-pyrrole nitrogens is 1. The van der Waals surface area contributed by atoms with Gasteiger partial charge in [-0.15, -0.1) is 0 Å². The van der Waals surface area contributed by atoms with E-state index in [1.807, 2.05) is 54.7 Å². The van der Waals surface area contributed by atoms with Crippen LogP contribution in [-0.2, 0) is 0 Å². The van der Waals surface area contributed by atoms with Crippen LogP contribution in [0.25, 0.3) is 33.3 Å². The zero-order valence-electron chi connectivity index (χ0n) is 10.5. The minimum atomic E-state index is 0.873. The molecule has 3 nitrogen and oxygen atoms in total. The van der Waals surface area contributed by atoms with Gasteiger partial charge >= 0.3 is 0 Å². The van der Waals surface area contributed by atoms with Crippen molar-refractivity contribution in [3.05, 3.63) is 59.2 Å². The Hall–Kier alpha value is -2.20. The minimum Gasteiger partial charge on any atom is -0.337 e.